The van der Waals surface area contributed by atoms with Crippen molar-refractivity contribution in [3.63, 3.8) is 0 Å². The van der Waals surface area contributed by atoms with E-state index in [1.165, 1.54) is 53.1 Å². The van der Waals surface area contributed by atoms with Gasteiger partial charge < -0.3 is 24.8 Å². The quantitative estimate of drug-likeness (QED) is 0.0881. The first kappa shape index (κ1) is 65.2. The first-order chi connectivity index (χ1) is 45.2. The summed E-state index contributed by atoms with van der Waals surface area (Å²) in [5.41, 5.74) is 3.30. The highest BCUT2D eigenvalue weighted by Gasteiger charge is 2.26. The number of hydrogen-bond donors (Lipinski definition) is 3. The smallest absolute Gasteiger partial charge is 0.395 e. The van der Waals surface area contributed by atoms with Crippen molar-refractivity contribution in [1.82, 2.24) is 28.7 Å². The van der Waals surface area contributed by atoms with Gasteiger partial charge in [0.25, 0.3) is 16.7 Å². The lowest BCUT2D eigenvalue weighted by atomic mass is 10.1. The van der Waals surface area contributed by atoms with Gasteiger partial charge in [0.1, 0.15) is 57.9 Å². The van der Waals surface area contributed by atoms with Crippen LogP contribution >= 0.6 is 0 Å². The van der Waals surface area contributed by atoms with Crippen LogP contribution in [0.25, 0.3) is 86.2 Å². The molecule has 12 rings (SSSR count). The second-order valence-electron chi connectivity index (χ2n) is 21.2. The molecule has 20 heteroatoms. The van der Waals surface area contributed by atoms with Crippen LogP contribution in [0.4, 0.5) is 26.3 Å². The molecule has 474 valence electrons. The zero-order valence-corrected chi connectivity index (χ0v) is 51.0. The number of halogens is 6. The van der Waals surface area contributed by atoms with E-state index < -0.39 is 57.6 Å². The third-order valence-electron chi connectivity index (χ3n) is 14.8. The van der Waals surface area contributed by atoms with Crippen LogP contribution in [0.3, 0.4) is 0 Å². The molecular formula is C74H58F6N6O8. The third-order valence-corrected chi connectivity index (χ3v) is 14.8. The summed E-state index contributed by atoms with van der Waals surface area (Å²) >= 11 is 0. The summed E-state index contributed by atoms with van der Waals surface area (Å²) in [5.74, 6) is -3.60. The normalized spacial score (nSPS) is 11.6. The lowest BCUT2D eigenvalue weighted by molar-refractivity contribution is -0.159. The number of benzene rings is 9. The maximum atomic E-state index is 14.6. The molecule has 94 heavy (non-hydrogen) atoms. The maximum Gasteiger partial charge on any atom is 0.395 e. The molecule has 0 radical (unpaired) electrons. The third kappa shape index (κ3) is 13.9. The summed E-state index contributed by atoms with van der Waals surface area (Å²) in [5, 5.41) is 32.2. The van der Waals surface area contributed by atoms with Crippen molar-refractivity contribution in [3.8, 4) is 45.8 Å². The van der Waals surface area contributed by atoms with Crippen molar-refractivity contribution >= 4 is 69.2 Å². The van der Waals surface area contributed by atoms with Gasteiger partial charge in [-0.15, -0.1) is 0 Å². The first-order valence-electron chi connectivity index (χ1n) is 29.4. The summed E-state index contributed by atoms with van der Waals surface area (Å²) in [7, 11) is 0. The van der Waals surface area contributed by atoms with Crippen LogP contribution in [0.15, 0.2) is 196 Å². The summed E-state index contributed by atoms with van der Waals surface area (Å²) in [6.45, 7) is 8.51. The molecule has 0 amide bonds. The van der Waals surface area contributed by atoms with Gasteiger partial charge in [0.05, 0.1) is 45.0 Å². The van der Waals surface area contributed by atoms with Crippen molar-refractivity contribution in [2.75, 3.05) is 6.61 Å². The fraction of sp³-hybridized carbons (Fsp3) is 0.108. The van der Waals surface area contributed by atoms with E-state index in [0.29, 0.717) is 70.3 Å². The summed E-state index contributed by atoms with van der Waals surface area (Å²) in [6, 6.07) is 47.3. The van der Waals surface area contributed by atoms with Crippen LogP contribution in [-0.4, -0.2) is 56.7 Å². The molecule has 0 saturated carbocycles. The molecule has 12 aromatic rings. The van der Waals surface area contributed by atoms with Crippen LogP contribution in [0.2, 0.25) is 0 Å². The Bertz CT molecular complexity index is 5090. The van der Waals surface area contributed by atoms with Gasteiger partial charge in [-0.2, -0.15) is 8.78 Å². The van der Waals surface area contributed by atoms with E-state index in [4.69, 9.17) is 4.74 Å². The number of nitrogens with zero attached hydrogens (tertiary/aromatic N) is 6. The standard InChI is InChI=1S/C26H22F2N2O3.C24H18F2N2O3.C24H18F2N2O2/c1-16-8-6-9-17(2)23(16)30-22(29-20-12-5-4-11-19(20)25(30)32)15-14-18-10-7-13-21(24(18)31)33-26(3,27)28;1-2-31-20-12-5-7-15(23(20)29)13-14-21-27-19-11-4-3-8-16(19)24(30)28(21)22-17(25)9-6-10-18(22)26;1-2-15-7-5-8-16(23(15)29)13-14-21-27-20-12-4-3-9-17(20)24(30)28(21)22-18(25)10-6-11-19(22)26/h4-15,31H,1-3H3;3-14,29H,2H2,1H3;3-14,29H,2H2,1H3/b15-14+;2*14-13+. The number of alkyl halides is 2. The Balaban J connectivity index is 0.000000154. The summed E-state index contributed by atoms with van der Waals surface area (Å²) in [6.07, 6.45) is 6.25. The van der Waals surface area contributed by atoms with Crippen molar-refractivity contribution < 1.29 is 51.1 Å². The largest absolute Gasteiger partial charge is 0.507 e. The lowest BCUT2D eigenvalue weighted by Gasteiger charge is -2.16. The first-order valence-corrected chi connectivity index (χ1v) is 29.4. The molecule has 3 N–H and O–H groups in total. The minimum absolute atomic E-state index is 0.00825. The van der Waals surface area contributed by atoms with Crippen molar-refractivity contribution in [3.05, 3.63) is 287 Å². The average molecular weight is 1270 g/mol. The highest BCUT2D eigenvalue weighted by molar-refractivity contribution is 5.84. The Morgan fingerprint density at radius 3 is 1.16 bits per heavy atom. The van der Waals surface area contributed by atoms with Gasteiger partial charge in [0.2, 0.25) is 0 Å². The number of para-hydroxylation sites is 9. The molecule has 0 fully saturated rings. The van der Waals surface area contributed by atoms with Crippen LogP contribution in [0, 0.1) is 37.1 Å². The van der Waals surface area contributed by atoms with Gasteiger partial charge in [-0.1, -0.05) is 116 Å². The van der Waals surface area contributed by atoms with E-state index >= 15 is 0 Å². The number of hydrogen-bond acceptors (Lipinski definition) is 11. The van der Waals surface area contributed by atoms with E-state index in [9.17, 15) is 56.0 Å². The minimum Gasteiger partial charge on any atom is -0.507 e. The van der Waals surface area contributed by atoms with Gasteiger partial charge in [-0.05, 0) is 153 Å². The number of rotatable bonds is 14. The number of aryl methyl sites for hydroxylation is 3. The number of aromatic nitrogens is 6. The lowest BCUT2D eigenvalue weighted by Crippen LogP contribution is -2.24. The average Bonchev–Trinajstić information content (AvgIpc) is 0.781. The van der Waals surface area contributed by atoms with Crippen LogP contribution < -0.4 is 26.2 Å². The van der Waals surface area contributed by atoms with Gasteiger partial charge in [-0.3, -0.25) is 28.1 Å². The molecule has 0 unspecified atom stereocenters. The molecule has 0 saturated heterocycles. The second-order valence-corrected chi connectivity index (χ2v) is 21.2. The molecule has 14 nitrogen and oxygen atoms in total. The van der Waals surface area contributed by atoms with E-state index in [1.807, 2.05) is 45.0 Å². The van der Waals surface area contributed by atoms with Crippen LogP contribution in [0.1, 0.15) is 71.6 Å². The predicted molar refractivity (Wildman–Crippen MR) is 354 cm³/mol. The topological polar surface area (TPSA) is 184 Å². The molecule has 9 aromatic carbocycles. The van der Waals surface area contributed by atoms with Gasteiger partial charge in [-0.25, -0.2) is 32.5 Å². The minimum atomic E-state index is -3.44. The second kappa shape index (κ2) is 28.2. The fourth-order valence-corrected chi connectivity index (χ4v) is 10.4. The van der Waals surface area contributed by atoms with E-state index in [2.05, 4.69) is 19.7 Å². The van der Waals surface area contributed by atoms with Crippen LogP contribution in [-0.2, 0) is 6.42 Å². The number of phenols is 3. The van der Waals surface area contributed by atoms with Crippen molar-refractivity contribution in [2.24, 2.45) is 0 Å². The Morgan fingerprint density at radius 1 is 0.426 bits per heavy atom. The monoisotopic (exact) mass is 1270 g/mol. The predicted octanol–water partition coefficient (Wildman–Crippen LogP) is 15.9. The Morgan fingerprint density at radius 2 is 0.766 bits per heavy atom. The molecule has 3 aromatic heterocycles. The highest BCUT2D eigenvalue weighted by Crippen LogP contribution is 2.36. The summed E-state index contributed by atoms with van der Waals surface area (Å²) in [4.78, 5) is 53.3. The van der Waals surface area contributed by atoms with E-state index in [0.717, 1.165) is 50.1 Å². The van der Waals surface area contributed by atoms with Gasteiger partial charge in [0.15, 0.2) is 23.0 Å². The number of ether oxygens (including phenoxy) is 2. The van der Waals surface area contributed by atoms with Crippen molar-refractivity contribution in [1.29, 1.82) is 0 Å². The zero-order chi connectivity index (χ0) is 67.0. The van der Waals surface area contributed by atoms with Crippen molar-refractivity contribution in [2.45, 2.75) is 47.1 Å². The van der Waals surface area contributed by atoms with E-state index in [1.54, 1.807) is 128 Å². The Kier molecular flexibility index (Phi) is 19.5. The molecule has 0 aliphatic heterocycles. The molecule has 0 aliphatic carbocycles. The molecular weight excluding hydrogens is 1210 g/mol. The molecule has 0 bridgehead atoms. The SMILES string of the molecule is CCOc1cccc(/C=C/c2nc3ccccc3c(=O)n2-c2c(F)cccc2F)c1O.CCc1cccc(/C=C/c2nc3ccccc3c(=O)n2-c2c(F)cccc2F)c1O.Cc1cccc(C)c1-n1c(/C=C/c2cccc(OC(C)(F)F)c2O)nc2ccccc2c1=O. The Labute approximate surface area is 533 Å². The van der Waals surface area contributed by atoms with Gasteiger partial charge in [0, 0.05) is 23.6 Å². The number of fused-ring (bicyclic) bond motifs is 3. The summed E-state index contributed by atoms with van der Waals surface area (Å²) < 4.78 is 98.0. The molecule has 0 atom stereocenters. The number of aromatic hydroxyl groups is 3. The Hall–Kier alpha value is -11.8. The van der Waals surface area contributed by atoms with E-state index in [-0.39, 0.29) is 50.8 Å². The maximum absolute atomic E-state index is 14.6. The fourth-order valence-electron chi connectivity index (χ4n) is 10.4. The zero-order valence-electron chi connectivity index (χ0n) is 51.0. The molecule has 0 spiro atoms. The number of phenolic OH excluding ortho intramolecular Hbond substituents is 3. The molecule has 0 aliphatic rings. The highest BCUT2D eigenvalue weighted by atomic mass is 19.3. The van der Waals surface area contributed by atoms with Gasteiger partial charge >= 0.3 is 6.11 Å². The molecule has 3 heterocycles. The van der Waals surface area contributed by atoms with Crippen LogP contribution in [0.5, 0.6) is 28.7 Å².